The predicted octanol–water partition coefficient (Wildman–Crippen LogP) is 2.62. The van der Waals surface area contributed by atoms with Crippen LogP contribution in [0.25, 0.3) is 0 Å². The number of hydrogen-bond donors (Lipinski definition) is 1. The van der Waals surface area contributed by atoms with E-state index in [-0.39, 0.29) is 15.3 Å². The zero-order valence-electron chi connectivity index (χ0n) is 4.74. The van der Waals surface area contributed by atoms with Gasteiger partial charge in [-0.25, -0.2) is 4.98 Å². The minimum absolute atomic E-state index is 0.131. The number of nitrogen functional groups attached to an aromatic ring is 1. The van der Waals surface area contributed by atoms with Gasteiger partial charge in [0.2, 0.25) is 0 Å². The normalized spacial score (nSPS) is 9.90. The Bertz CT molecular complexity index is 238. The lowest BCUT2D eigenvalue weighted by atomic mass is 10.4. The molecule has 5 heteroatoms. The zero-order chi connectivity index (χ0) is 7.72. The number of nitrogens with zero attached hydrogens (tertiary/aromatic N) is 1. The van der Waals surface area contributed by atoms with Crippen LogP contribution >= 0.6 is 34.8 Å². The summed E-state index contributed by atoms with van der Waals surface area (Å²) >= 11 is 16.6. The van der Waals surface area contributed by atoms with Crippen molar-refractivity contribution in [1.29, 1.82) is 0 Å². The second kappa shape index (κ2) is 2.82. The number of rotatable bonds is 0. The van der Waals surface area contributed by atoms with Gasteiger partial charge in [0.25, 0.3) is 0 Å². The van der Waals surface area contributed by atoms with E-state index in [4.69, 9.17) is 40.5 Å². The summed E-state index contributed by atoms with van der Waals surface area (Å²) in [5.41, 5.74) is 5.72. The number of aromatic nitrogens is 1. The molecule has 2 N–H and O–H groups in total. The molecule has 0 aliphatic carbocycles. The molecular weight excluding hydrogens is 194 g/mol. The third-order valence-electron chi connectivity index (χ3n) is 0.914. The lowest BCUT2D eigenvalue weighted by Crippen LogP contribution is -1.88. The maximum Gasteiger partial charge on any atom is 0.151 e. The van der Waals surface area contributed by atoms with E-state index in [1.807, 2.05) is 0 Å². The summed E-state index contributed by atoms with van der Waals surface area (Å²) in [6.07, 6.45) is 0. The molecular formula is C5H3Cl3N2. The molecule has 0 aromatic carbocycles. The number of halogens is 3. The van der Waals surface area contributed by atoms with Crippen LogP contribution in [0.4, 0.5) is 5.69 Å². The van der Waals surface area contributed by atoms with Crippen LogP contribution in [-0.2, 0) is 0 Å². The molecule has 0 radical (unpaired) electrons. The van der Waals surface area contributed by atoms with Crippen molar-refractivity contribution >= 4 is 40.5 Å². The summed E-state index contributed by atoms with van der Waals surface area (Å²) in [7, 11) is 0. The van der Waals surface area contributed by atoms with Crippen molar-refractivity contribution in [1.82, 2.24) is 4.98 Å². The van der Waals surface area contributed by atoms with Gasteiger partial charge in [0.05, 0.1) is 5.69 Å². The number of anilines is 1. The monoisotopic (exact) mass is 196 g/mol. The van der Waals surface area contributed by atoms with Gasteiger partial charge < -0.3 is 5.73 Å². The lowest BCUT2D eigenvalue weighted by Gasteiger charge is -1.98. The molecule has 0 saturated carbocycles. The van der Waals surface area contributed by atoms with Gasteiger partial charge in [0.1, 0.15) is 10.2 Å². The van der Waals surface area contributed by atoms with Crippen LogP contribution in [-0.4, -0.2) is 4.98 Å². The first-order valence-corrected chi connectivity index (χ1v) is 3.51. The second-order valence-corrected chi connectivity index (χ2v) is 2.76. The highest BCUT2D eigenvalue weighted by Gasteiger charge is 2.03. The van der Waals surface area contributed by atoms with Gasteiger partial charge in [-0.1, -0.05) is 34.8 Å². The standard InChI is InChI=1S/C5H3Cl3N2/c6-3-1-2(9)4(7)5(8)10-3/h1H,(H2,9,10). The first kappa shape index (κ1) is 7.92. The Morgan fingerprint density at radius 3 is 2.40 bits per heavy atom. The fourth-order valence-corrected chi connectivity index (χ4v) is 1.03. The molecule has 0 unspecified atom stereocenters. The van der Waals surface area contributed by atoms with Crippen molar-refractivity contribution in [2.24, 2.45) is 0 Å². The van der Waals surface area contributed by atoms with E-state index in [1.165, 1.54) is 6.07 Å². The first-order valence-electron chi connectivity index (χ1n) is 2.38. The van der Waals surface area contributed by atoms with Crippen LogP contribution in [0.1, 0.15) is 0 Å². The van der Waals surface area contributed by atoms with Gasteiger partial charge in [-0.2, -0.15) is 0 Å². The molecule has 54 valence electrons. The number of pyridine rings is 1. The number of nitrogens with two attached hydrogens (primary N) is 1. The van der Waals surface area contributed by atoms with Gasteiger partial charge in [0.15, 0.2) is 5.15 Å². The maximum absolute atomic E-state index is 5.57. The van der Waals surface area contributed by atoms with E-state index >= 15 is 0 Å². The summed E-state index contributed by atoms with van der Waals surface area (Å²) in [5.74, 6) is 0. The van der Waals surface area contributed by atoms with E-state index in [2.05, 4.69) is 4.98 Å². The Morgan fingerprint density at radius 1 is 1.30 bits per heavy atom. The van der Waals surface area contributed by atoms with E-state index < -0.39 is 0 Å². The Hall–Kier alpha value is -0.180. The average Bonchev–Trinajstić information content (AvgIpc) is 1.82. The Balaban J connectivity index is 3.31. The minimum atomic E-state index is 0.131. The van der Waals surface area contributed by atoms with Crippen molar-refractivity contribution in [3.05, 3.63) is 21.4 Å². The molecule has 0 aliphatic heterocycles. The Labute approximate surface area is 72.9 Å². The van der Waals surface area contributed by atoms with Gasteiger partial charge in [-0.3, -0.25) is 0 Å². The molecule has 0 bridgehead atoms. The summed E-state index contributed by atoms with van der Waals surface area (Å²) in [4.78, 5) is 3.65. The highest BCUT2D eigenvalue weighted by molar-refractivity contribution is 6.43. The van der Waals surface area contributed by atoms with Crippen LogP contribution in [0.15, 0.2) is 6.07 Å². The zero-order valence-corrected chi connectivity index (χ0v) is 7.00. The van der Waals surface area contributed by atoms with Gasteiger partial charge in [-0.15, -0.1) is 0 Å². The van der Waals surface area contributed by atoms with Crippen LogP contribution in [0.3, 0.4) is 0 Å². The van der Waals surface area contributed by atoms with Gasteiger partial charge in [-0.05, 0) is 0 Å². The summed E-state index contributed by atoms with van der Waals surface area (Å²) < 4.78 is 0. The highest BCUT2D eigenvalue weighted by atomic mass is 35.5. The largest absolute Gasteiger partial charge is 0.397 e. The fourth-order valence-electron chi connectivity index (χ4n) is 0.486. The van der Waals surface area contributed by atoms with Crippen molar-refractivity contribution in [3.63, 3.8) is 0 Å². The first-order chi connectivity index (χ1) is 4.61. The summed E-state index contributed by atoms with van der Waals surface area (Å²) in [5, 5.41) is 0.615. The molecule has 1 aromatic rings. The maximum atomic E-state index is 5.57. The quantitative estimate of drug-likeness (QED) is 0.649. The van der Waals surface area contributed by atoms with Crippen molar-refractivity contribution in [2.45, 2.75) is 0 Å². The van der Waals surface area contributed by atoms with Gasteiger partial charge >= 0.3 is 0 Å². The Kier molecular flexibility index (Phi) is 2.24. The van der Waals surface area contributed by atoms with Crippen molar-refractivity contribution in [2.75, 3.05) is 5.73 Å². The number of hydrogen-bond acceptors (Lipinski definition) is 2. The molecule has 1 aromatic heterocycles. The van der Waals surface area contributed by atoms with Crippen LogP contribution in [0.5, 0.6) is 0 Å². The topological polar surface area (TPSA) is 38.9 Å². The summed E-state index contributed by atoms with van der Waals surface area (Å²) in [6, 6.07) is 1.44. The lowest BCUT2D eigenvalue weighted by molar-refractivity contribution is 1.33. The van der Waals surface area contributed by atoms with Crippen LogP contribution in [0, 0.1) is 0 Å². The smallest absolute Gasteiger partial charge is 0.151 e. The molecule has 1 rings (SSSR count). The molecule has 0 fully saturated rings. The third-order valence-corrected chi connectivity index (χ3v) is 1.88. The second-order valence-electron chi connectivity index (χ2n) is 1.64. The van der Waals surface area contributed by atoms with E-state index in [9.17, 15) is 0 Å². The molecule has 0 atom stereocenters. The molecule has 0 amide bonds. The minimum Gasteiger partial charge on any atom is -0.397 e. The van der Waals surface area contributed by atoms with Crippen LogP contribution < -0.4 is 5.73 Å². The highest BCUT2D eigenvalue weighted by Crippen LogP contribution is 2.27. The molecule has 2 nitrogen and oxygen atoms in total. The SMILES string of the molecule is Nc1cc(Cl)nc(Cl)c1Cl. The molecule has 0 spiro atoms. The fraction of sp³-hybridized carbons (Fsp3) is 0. The molecule has 0 aliphatic rings. The van der Waals surface area contributed by atoms with Crippen molar-refractivity contribution in [3.8, 4) is 0 Å². The summed E-state index contributed by atoms with van der Waals surface area (Å²) in [6.45, 7) is 0. The average molecular weight is 197 g/mol. The van der Waals surface area contributed by atoms with E-state index in [1.54, 1.807) is 0 Å². The van der Waals surface area contributed by atoms with E-state index in [0.29, 0.717) is 5.69 Å². The molecule has 10 heavy (non-hydrogen) atoms. The van der Waals surface area contributed by atoms with Crippen molar-refractivity contribution < 1.29 is 0 Å². The predicted molar refractivity (Wildman–Crippen MR) is 43.7 cm³/mol. The molecule has 1 heterocycles. The molecule has 0 saturated heterocycles. The van der Waals surface area contributed by atoms with E-state index in [0.717, 1.165) is 0 Å². The Morgan fingerprint density at radius 2 is 1.90 bits per heavy atom. The van der Waals surface area contributed by atoms with Gasteiger partial charge in [0, 0.05) is 6.07 Å². The third kappa shape index (κ3) is 1.45. The van der Waals surface area contributed by atoms with Crippen LogP contribution in [0.2, 0.25) is 15.3 Å².